The molecule has 0 bridgehead atoms. The summed E-state index contributed by atoms with van der Waals surface area (Å²) in [7, 11) is 0. The molecular formula is C21H28BrN3O. The Labute approximate surface area is 164 Å². The van der Waals surface area contributed by atoms with E-state index in [2.05, 4.69) is 51.5 Å². The van der Waals surface area contributed by atoms with E-state index >= 15 is 0 Å². The fourth-order valence-corrected chi connectivity index (χ4v) is 3.68. The second-order valence-electron chi connectivity index (χ2n) is 7.81. The number of carbonyl (C=O) groups is 1. The van der Waals surface area contributed by atoms with E-state index < -0.39 is 0 Å². The number of hydrogen-bond acceptors (Lipinski definition) is 3. The van der Waals surface area contributed by atoms with Crippen molar-refractivity contribution in [3.8, 4) is 0 Å². The van der Waals surface area contributed by atoms with Gasteiger partial charge in [-0.05, 0) is 49.3 Å². The summed E-state index contributed by atoms with van der Waals surface area (Å²) < 4.78 is 3.38. The summed E-state index contributed by atoms with van der Waals surface area (Å²) in [5.41, 5.74) is 2.25. The Morgan fingerprint density at radius 1 is 1.23 bits per heavy atom. The molecule has 3 rings (SSSR count). The third kappa shape index (κ3) is 4.81. The quantitative estimate of drug-likeness (QED) is 0.575. The van der Waals surface area contributed by atoms with Crippen LogP contribution in [0.15, 0.2) is 22.7 Å². The number of benzene rings is 1. The summed E-state index contributed by atoms with van der Waals surface area (Å²) in [5.74, 6) is 3.02. The number of carbonyl (C=O) groups excluding carboxylic acids is 1. The van der Waals surface area contributed by atoms with E-state index in [-0.39, 0.29) is 5.78 Å². The van der Waals surface area contributed by atoms with Crippen molar-refractivity contribution >= 4 is 21.7 Å². The van der Waals surface area contributed by atoms with Crippen LogP contribution in [-0.4, -0.2) is 20.5 Å². The maximum Gasteiger partial charge on any atom is 0.137 e. The zero-order valence-electron chi connectivity index (χ0n) is 16.0. The van der Waals surface area contributed by atoms with Gasteiger partial charge in [-0.15, -0.1) is 10.2 Å². The van der Waals surface area contributed by atoms with Crippen molar-refractivity contribution in [2.45, 2.75) is 71.8 Å². The lowest BCUT2D eigenvalue weighted by Crippen LogP contribution is -2.11. The van der Waals surface area contributed by atoms with E-state index in [0.29, 0.717) is 31.2 Å². The first-order chi connectivity index (χ1) is 12.5. The van der Waals surface area contributed by atoms with Gasteiger partial charge < -0.3 is 4.57 Å². The van der Waals surface area contributed by atoms with Gasteiger partial charge in [-0.2, -0.15) is 0 Å². The molecule has 0 spiro atoms. The molecule has 0 aliphatic heterocycles. The molecule has 140 valence electrons. The Morgan fingerprint density at radius 3 is 2.58 bits per heavy atom. The fourth-order valence-electron chi connectivity index (χ4n) is 3.27. The predicted molar refractivity (Wildman–Crippen MR) is 107 cm³/mol. The molecule has 1 aliphatic rings. The zero-order valence-corrected chi connectivity index (χ0v) is 17.6. The molecule has 5 heteroatoms. The largest absolute Gasteiger partial charge is 0.312 e. The Balaban J connectivity index is 1.62. The van der Waals surface area contributed by atoms with E-state index in [1.165, 1.54) is 12.8 Å². The highest BCUT2D eigenvalue weighted by molar-refractivity contribution is 9.10. The summed E-state index contributed by atoms with van der Waals surface area (Å²) in [4.78, 5) is 12.5. The molecule has 0 N–H and O–H groups in total. The van der Waals surface area contributed by atoms with Crippen molar-refractivity contribution in [1.29, 1.82) is 0 Å². The minimum absolute atomic E-state index is 0.264. The first-order valence-corrected chi connectivity index (χ1v) is 10.4. The number of Topliss-reactive ketones (excluding diaryl/α,β-unsaturated/α-hetero) is 1. The number of aromatic nitrogens is 3. The Hall–Kier alpha value is -1.49. The van der Waals surface area contributed by atoms with Gasteiger partial charge in [-0.1, -0.05) is 41.9 Å². The lowest BCUT2D eigenvalue weighted by molar-refractivity contribution is -0.118. The van der Waals surface area contributed by atoms with Crippen LogP contribution in [0.5, 0.6) is 0 Å². The number of ketones is 1. The van der Waals surface area contributed by atoms with E-state index in [1.807, 2.05) is 18.2 Å². The van der Waals surface area contributed by atoms with Gasteiger partial charge in [0.15, 0.2) is 0 Å². The molecule has 0 amide bonds. The molecule has 1 aromatic carbocycles. The maximum absolute atomic E-state index is 12.5. The SMILES string of the molecule is Cc1c(Br)cccc1CC(=O)CCc1nnc(CCC(C)C)n1C1CC1. The Morgan fingerprint density at radius 2 is 1.92 bits per heavy atom. The molecule has 26 heavy (non-hydrogen) atoms. The zero-order chi connectivity index (χ0) is 18.7. The summed E-state index contributed by atoms with van der Waals surface area (Å²) in [5, 5.41) is 8.85. The molecule has 1 aromatic heterocycles. The second-order valence-corrected chi connectivity index (χ2v) is 8.66. The summed E-state index contributed by atoms with van der Waals surface area (Å²) >= 11 is 3.54. The Bertz CT molecular complexity index is 778. The first kappa shape index (κ1) is 19.3. The van der Waals surface area contributed by atoms with Gasteiger partial charge >= 0.3 is 0 Å². The standard InChI is InChI=1S/C21H28BrN3O/c1-14(2)7-11-20-23-24-21(25(20)17-8-9-17)12-10-18(26)13-16-5-4-6-19(22)15(16)3/h4-6,14,17H,7-13H2,1-3H3. The number of hydrogen-bond donors (Lipinski definition) is 0. The second kappa shape index (κ2) is 8.47. The van der Waals surface area contributed by atoms with Crippen LogP contribution < -0.4 is 0 Å². The number of nitrogens with zero attached hydrogens (tertiary/aromatic N) is 3. The number of rotatable bonds is 9. The highest BCUT2D eigenvalue weighted by atomic mass is 79.9. The van der Waals surface area contributed by atoms with Crippen LogP contribution in [-0.2, 0) is 24.1 Å². The lowest BCUT2D eigenvalue weighted by Gasteiger charge is -2.10. The number of aryl methyl sites for hydroxylation is 2. The van der Waals surface area contributed by atoms with Crippen LogP contribution in [0.4, 0.5) is 0 Å². The molecule has 4 nitrogen and oxygen atoms in total. The van der Waals surface area contributed by atoms with Crippen molar-refractivity contribution in [2.24, 2.45) is 5.92 Å². The third-order valence-electron chi connectivity index (χ3n) is 5.09. The van der Waals surface area contributed by atoms with E-state index in [4.69, 9.17) is 0 Å². The average Bonchev–Trinajstić information content (AvgIpc) is 3.35. The summed E-state index contributed by atoms with van der Waals surface area (Å²) in [6, 6.07) is 6.60. The van der Waals surface area contributed by atoms with Gasteiger partial charge in [0.05, 0.1) is 0 Å². The summed E-state index contributed by atoms with van der Waals surface area (Å²) in [6.45, 7) is 6.53. The number of halogens is 1. The molecule has 0 atom stereocenters. The molecule has 1 fully saturated rings. The monoisotopic (exact) mass is 417 g/mol. The van der Waals surface area contributed by atoms with Gasteiger partial charge in [-0.3, -0.25) is 4.79 Å². The van der Waals surface area contributed by atoms with Crippen LogP contribution in [0, 0.1) is 12.8 Å². The van der Waals surface area contributed by atoms with Crippen LogP contribution in [0.2, 0.25) is 0 Å². The molecule has 0 saturated heterocycles. The van der Waals surface area contributed by atoms with Crippen molar-refractivity contribution in [2.75, 3.05) is 0 Å². The van der Waals surface area contributed by atoms with Gasteiger partial charge in [0.1, 0.15) is 17.4 Å². The van der Waals surface area contributed by atoms with Gasteiger partial charge in [0, 0.05) is 36.2 Å². The van der Waals surface area contributed by atoms with Crippen molar-refractivity contribution in [3.05, 3.63) is 45.4 Å². The van der Waals surface area contributed by atoms with Crippen LogP contribution in [0.25, 0.3) is 0 Å². The van der Waals surface area contributed by atoms with E-state index in [1.54, 1.807) is 0 Å². The first-order valence-electron chi connectivity index (χ1n) is 9.64. The van der Waals surface area contributed by atoms with Crippen molar-refractivity contribution < 1.29 is 4.79 Å². The van der Waals surface area contributed by atoms with E-state index in [9.17, 15) is 4.79 Å². The highest BCUT2D eigenvalue weighted by Crippen LogP contribution is 2.37. The minimum Gasteiger partial charge on any atom is -0.312 e. The van der Waals surface area contributed by atoms with E-state index in [0.717, 1.165) is 40.1 Å². The van der Waals surface area contributed by atoms with Crippen LogP contribution in [0.3, 0.4) is 0 Å². The third-order valence-corrected chi connectivity index (χ3v) is 5.95. The maximum atomic E-state index is 12.5. The fraction of sp³-hybridized carbons (Fsp3) is 0.571. The van der Waals surface area contributed by atoms with Gasteiger partial charge in [-0.25, -0.2) is 0 Å². The highest BCUT2D eigenvalue weighted by Gasteiger charge is 2.29. The van der Waals surface area contributed by atoms with Gasteiger partial charge in [0.2, 0.25) is 0 Å². The normalized spacial score (nSPS) is 14.2. The predicted octanol–water partition coefficient (Wildman–Crippen LogP) is 5.02. The molecular weight excluding hydrogens is 390 g/mol. The Kier molecular flexibility index (Phi) is 6.28. The molecule has 0 radical (unpaired) electrons. The molecule has 1 saturated carbocycles. The van der Waals surface area contributed by atoms with Crippen LogP contribution in [0.1, 0.15) is 68.3 Å². The lowest BCUT2D eigenvalue weighted by atomic mass is 10.0. The van der Waals surface area contributed by atoms with Gasteiger partial charge in [0.25, 0.3) is 0 Å². The average molecular weight is 418 g/mol. The molecule has 0 unspecified atom stereocenters. The molecule has 2 aromatic rings. The molecule has 1 aliphatic carbocycles. The topological polar surface area (TPSA) is 47.8 Å². The van der Waals surface area contributed by atoms with Crippen LogP contribution >= 0.6 is 15.9 Å². The smallest absolute Gasteiger partial charge is 0.137 e. The minimum atomic E-state index is 0.264. The molecule has 1 heterocycles. The summed E-state index contributed by atoms with van der Waals surface area (Å²) in [6.07, 6.45) is 6.25. The van der Waals surface area contributed by atoms with Crippen molar-refractivity contribution in [3.63, 3.8) is 0 Å². The van der Waals surface area contributed by atoms with Crippen molar-refractivity contribution in [1.82, 2.24) is 14.8 Å².